The van der Waals surface area contributed by atoms with E-state index in [1.807, 2.05) is 6.07 Å². The van der Waals surface area contributed by atoms with Gasteiger partial charge in [-0.2, -0.15) is 5.26 Å². The minimum absolute atomic E-state index is 0.118. The van der Waals surface area contributed by atoms with Crippen LogP contribution >= 0.6 is 0 Å². The van der Waals surface area contributed by atoms with Crippen LogP contribution in [0.3, 0.4) is 0 Å². The zero-order valence-electron chi connectivity index (χ0n) is 9.51. The summed E-state index contributed by atoms with van der Waals surface area (Å²) in [5, 5.41) is 19.9. The predicted molar refractivity (Wildman–Crippen MR) is 61.3 cm³/mol. The number of carbonyl (C=O) groups is 1. The zero-order chi connectivity index (χ0) is 12.7. The van der Waals surface area contributed by atoms with Gasteiger partial charge >= 0.3 is 0 Å². The SMILES string of the molecule is CC(Oc1ccccc1C#N)C(=O)NCCO. The van der Waals surface area contributed by atoms with Gasteiger partial charge in [-0.3, -0.25) is 4.79 Å². The average molecular weight is 234 g/mol. The summed E-state index contributed by atoms with van der Waals surface area (Å²) >= 11 is 0. The van der Waals surface area contributed by atoms with Gasteiger partial charge < -0.3 is 15.2 Å². The Balaban J connectivity index is 2.65. The van der Waals surface area contributed by atoms with Gasteiger partial charge in [-0.1, -0.05) is 12.1 Å². The maximum absolute atomic E-state index is 11.5. The molecule has 0 aliphatic heterocycles. The highest BCUT2D eigenvalue weighted by Crippen LogP contribution is 2.17. The summed E-state index contributed by atoms with van der Waals surface area (Å²) < 4.78 is 5.38. The van der Waals surface area contributed by atoms with Crippen LogP contribution in [0.1, 0.15) is 12.5 Å². The van der Waals surface area contributed by atoms with Crippen LogP contribution in [-0.4, -0.2) is 30.3 Å². The van der Waals surface area contributed by atoms with Gasteiger partial charge in [0.05, 0.1) is 12.2 Å². The molecule has 5 nitrogen and oxygen atoms in total. The van der Waals surface area contributed by atoms with Crippen molar-refractivity contribution in [2.75, 3.05) is 13.2 Å². The van der Waals surface area contributed by atoms with E-state index in [-0.39, 0.29) is 19.1 Å². The third kappa shape index (κ3) is 3.78. The quantitative estimate of drug-likeness (QED) is 0.774. The van der Waals surface area contributed by atoms with E-state index < -0.39 is 6.10 Å². The molecule has 1 atom stereocenters. The standard InChI is InChI=1S/C12H14N2O3/c1-9(12(16)14-6-7-15)17-11-5-3-2-4-10(11)8-13/h2-5,9,15H,6-7H2,1H3,(H,14,16). The Morgan fingerprint density at radius 3 is 2.94 bits per heavy atom. The summed E-state index contributed by atoms with van der Waals surface area (Å²) in [6.07, 6.45) is -0.712. The molecule has 0 saturated carbocycles. The predicted octanol–water partition coefficient (Wildman–Crippen LogP) is 0.434. The molecule has 1 aromatic carbocycles. The summed E-state index contributed by atoms with van der Waals surface area (Å²) in [7, 11) is 0. The number of nitrogens with one attached hydrogen (secondary N) is 1. The lowest BCUT2D eigenvalue weighted by Crippen LogP contribution is -2.37. The molecule has 1 aromatic rings. The molecule has 0 aromatic heterocycles. The van der Waals surface area contributed by atoms with Gasteiger partial charge in [-0.15, -0.1) is 0 Å². The number of aliphatic hydroxyl groups is 1. The fourth-order valence-corrected chi connectivity index (χ4v) is 1.23. The van der Waals surface area contributed by atoms with Gasteiger partial charge in [0, 0.05) is 6.54 Å². The summed E-state index contributed by atoms with van der Waals surface area (Å²) in [6, 6.07) is 8.69. The van der Waals surface area contributed by atoms with E-state index in [9.17, 15) is 4.79 Å². The number of hydrogen-bond acceptors (Lipinski definition) is 4. The molecule has 0 radical (unpaired) electrons. The normalized spacial score (nSPS) is 11.4. The van der Waals surface area contributed by atoms with Crippen molar-refractivity contribution >= 4 is 5.91 Å². The van der Waals surface area contributed by atoms with E-state index in [0.717, 1.165) is 0 Å². The van der Waals surface area contributed by atoms with Crippen molar-refractivity contribution in [3.05, 3.63) is 29.8 Å². The van der Waals surface area contributed by atoms with Crippen LogP contribution in [-0.2, 0) is 4.79 Å². The Hall–Kier alpha value is -2.06. The second-order valence-electron chi connectivity index (χ2n) is 3.38. The first-order valence-corrected chi connectivity index (χ1v) is 5.23. The second-order valence-corrected chi connectivity index (χ2v) is 3.38. The summed E-state index contributed by atoms with van der Waals surface area (Å²) in [4.78, 5) is 11.5. The smallest absolute Gasteiger partial charge is 0.260 e. The molecule has 1 amide bonds. The number of para-hydroxylation sites is 1. The molecular formula is C12H14N2O3. The summed E-state index contributed by atoms with van der Waals surface area (Å²) in [5.74, 6) is 0.0495. The van der Waals surface area contributed by atoms with Gasteiger partial charge in [-0.25, -0.2) is 0 Å². The number of nitrogens with zero attached hydrogens (tertiary/aromatic N) is 1. The lowest BCUT2D eigenvalue weighted by atomic mass is 10.2. The largest absolute Gasteiger partial charge is 0.480 e. The van der Waals surface area contributed by atoms with Crippen LogP contribution in [0.4, 0.5) is 0 Å². The van der Waals surface area contributed by atoms with E-state index in [1.54, 1.807) is 31.2 Å². The van der Waals surface area contributed by atoms with E-state index >= 15 is 0 Å². The molecule has 0 saturated heterocycles. The van der Waals surface area contributed by atoms with Crippen molar-refractivity contribution in [2.45, 2.75) is 13.0 Å². The van der Waals surface area contributed by atoms with Crippen molar-refractivity contribution in [3.8, 4) is 11.8 Å². The molecule has 0 fully saturated rings. The minimum Gasteiger partial charge on any atom is -0.480 e. The molecular weight excluding hydrogens is 220 g/mol. The van der Waals surface area contributed by atoms with E-state index in [4.69, 9.17) is 15.1 Å². The highest BCUT2D eigenvalue weighted by molar-refractivity contribution is 5.80. The Morgan fingerprint density at radius 2 is 2.29 bits per heavy atom. The van der Waals surface area contributed by atoms with Gasteiger partial charge in [0.25, 0.3) is 5.91 Å². The Kier molecular flexibility index (Phi) is 4.98. The van der Waals surface area contributed by atoms with Crippen LogP contribution in [0, 0.1) is 11.3 Å². The van der Waals surface area contributed by atoms with Gasteiger partial charge in [0.15, 0.2) is 6.10 Å². The number of nitriles is 1. The molecule has 90 valence electrons. The van der Waals surface area contributed by atoms with E-state index in [2.05, 4.69) is 5.32 Å². The van der Waals surface area contributed by atoms with Gasteiger partial charge in [0.2, 0.25) is 0 Å². The fraction of sp³-hybridized carbons (Fsp3) is 0.333. The molecule has 0 spiro atoms. The molecule has 1 unspecified atom stereocenters. The van der Waals surface area contributed by atoms with Crippen molar-refractivity contribution in [1.82, 2.24) is 5.32 Å². The molecule has 0 aliphatic rings. The number of hydrogen-bond donors (Lipinski definition) is 2. The maximum Gasteiger partial charge on any atom is 0.260 e. The monoisotopic (exact) mass is 234 g/mol. The zero-order valence-corrected chi connectivity index (χ0v) is 9.51. The van der Waals surface area contributed by atoms with Crippen LogP contribution in [0.15, 0.2) is 24.3 Å². The molecule has 0 bridgehead atoms. The van der Waals surface area contributed by atoms with Crippen LogP contribution in [0.2, 0.25) is 0 Å². The third-order valence-electron chi connectivity index (χ3n) is 2.09. The van der Waals surface area contributed by atoms with Crippen molar-refractivity contribution in [2.24, 2.45) is 0 Å². The summed E-state index contributed by atoms with van der Waals surface area (Å²) in [6.45, 7) is 1.65. The average Bonchev–Trinajstić information content (AvgIpc) is 2.36. The number of benzene rings is 1. The Morgan fingerprint density at radius 1 is 1.59 bits per heavy atom. The summed E-state index contributed by atoms with van der Waals surface area (Å²) in [5.41, 5.74) is 0.384. The molecule has 5 heteroatoms. The number of aliphatic hydroxyl groups excluding tert-OH is 1. The molecule has 0 heterocycles. The maximum atomic E-state index is 11.5. The topological polar surface area (TPSA) is 82.3 Å². The molecule has 0 aliphatic carbocycles. The lowest BCUT2D eigenvalue weighted by Gasteiger charge is -2.14. The van der Waals surface area contributed by atoms with E-state index in [1.165, 1.54) is 0 Å². The highest BCUT2D eigenvalue weighted by Gasteiger charge is 2.15. The van der Waals surface area contributed by atoms with Gasteiger partial charge in [0.1, 0.15) is 11.8 Å². The van der Waals surface area contributed by atoms with Crippen LogP contribution in [0.5, 0.6) is 5.75 Å². The van der Waals surface area contributed by atoms with Crippen molar-refractivity contribution < 1.29 is 14.6 Å². The third-order valence-corrected chi connectivity index (χ3v) is 2.09. The lowest BCUT2D eigenvalue weighted by molar-refractivity contribution is -0.127. The number of ether oxygens (including phenoxy) is 1. The number of amides is 1. The number of rotatable bonds is 5. The Bertz CT molecular complexity index is 426. The van der Waals surface area contributed by atoms with Crippen molar-refractivity contribution in [1.29, 1.82) is 5.26 Å². The minimum atomic E-state index is -0.712. The van der Waals surface area contributed by atoms with E-state index in [0.29, 0.717) is 11.3 Å². The van der Waals surface area contributed by atoms with Crippen molar-refractivity contribution in [3.63, 3.8) is 0 Å². The van der Waals surface area contributed by atoms with Crippen LogP contribution < -0.4 is 10.1 Å². The first-order chi connectivity index (χ1) is 8.19. The fourth-order valence-electron chi connectivity index (χ4n) is 1.23. The van der Waals surface area contributed by atoms with Gasteiger partial charge in [-0.05, 0) is 19.1 Å². The first kappa shape index (κ1) is 13.0. The second kappa shape index (κ2) is 6.51. The molecule has 17 heavy (non-hydrogen) atoms. The molecule has 2 N–H and O–H groups in total. The number of carbonyl (C=O) groups excluding carboxylic acids is 1. The van der Waals surface area contributed by atoms with Crippen LogP contribution in [0.25, 0.3) is 0 Å². The highest BCUT2D eigenvalue weighted by atomic mass is 16.5. The first-order valence-electron chi connectivity index (χ1n) is 5.23. The molecule has 1 rings (SSSR count). The Labute approximate surface area is 99.6 Å².